The Labute approximate surface area is 125 Å². The maximum absolute atomic E-state index is 10.9. The molecule has 1 saturated heterocycles. The molecule has 21 heavy (non-hydrogen) atoms. The van der Waals surface area contributed by atoms with Crippen molar-refractivity contribution < 1.29 is 9.45 Å². The molecule has 3 rings (SSSR count). The van der Waals surface area contributed by atoms with Crippen LogP contribution in [0.2, 0.25) is 0 Å². The normalized spacial score (nSPS) is 18.6. The van der Waals surface area contributed by atoms with Gasteiger partial charge in [-0.25, -0.2) is 0 Å². The molecule has 2 aromatic rings. The van der Waals surface area contributed by atoms with Crippen molar-refractivity contribution in [1.29, 1.82) is 0 Å². The molecule has 1 fully saturated rings. The molecule has 0 aliphatic carbocycles. The summed E-state index contributed by atoms with van der Waals surface area (Å²) >= 11 is 1.82. The maximum Gasteiger partial charge on any atom is 0.292 e. The van der Waals surface area contributed by atoms with Crippen LogP contribution in [0.4, 0.5) is 11.4 Å². The van der Waals surface area contributed by atoms with Gasteiger partial charge in [0.25, 0.3) is 11.6 Å². The van der Waals surface area contributed by atoms with Crippen molar-refractivity contribution in [2.75, 3.05) is 11.5 Å². The Morgan fingerprint density at radius 2 is 2.29 bits per heavy atom. The summed E-state index contributed by atoms with van der Waals surface area (Å²) in [6.07, 6.45) is 3.41. The van der Waals surface area contributed by atoms with Crippen LogP contribution < -0.4 is 5.73 Å². The third kappa shape index (κ3) is 2.85. The molecule has 1 aliphatic heterocycles. The summed E-state index contributed by atoms with van der Waals surface area (Å²) in [4.78, 5) is 14.8. The van der Waals surface area contributed by atoms with Crippen LogP contribution in [0, 0.1) is 10.1 Å². The number of aromatic nitrogens is 2. The van der Waals surface area contributed by atoms with Crippen molar-refractivity contribution in [2.45, 2.75) is 24.5 Å². The third-order valence-electron chi connectivity index (χ3n) is 3.38. The molecule has 0 spiro atoms. The highest BCUT2D eigenvalue weighted by Crippen LogP contribution is 2.37. The molecule has 1 aromatic carbocycles. The van der Waals surface area contributed by atoms with Gasteiger partial charge in [0, 0.05) is 11.6 Å². The molecule has 0 radical (unpaired) electrons. The second-order valence-electron chi connectivity index (χ2n) is 4.84. The highest BCUT2D eigenvalue weighted by atomic mass is 32.2. The molecule has 0 saturated carbocycles. The van der Waals surface area contributed by atoms with Crippen LogP contribution in [0.3, 0.4) is 0 Å². The van der Waals surface area contributed by atoms with Gasteiger partial charge in [0.1, 0.15) is 5.69 Å². The zero-order chi connectivity index (χ0) is 14.8. The van der Waals surface area contributed by atoms with Crippen LogP contribution in [-0.2, 0) is 0 Å². The summed E-state index contributed by atoms with van der Waals surface area (Å²) in [5.74, 6) is 2.05. The number of benzene rings is 1. The fraction of sp³-hybridized carbons (Fsp3) is 0.385. The summed E-state index contributed by atoms with van der Waals surface area (Å²) in [6.45, 7) is 0. The van der Waals surface area contributed by atoms with Crippen LogP contribution in [-0.4, -0.2) is 20.8 Å². The lowest BCUT2D eigenvalue weighted by molar-refractivity contribution is -0.383. The quantitative estimate of drug-likeness (QED) is 0.527. The van der Waals surface area contributed by atoms with E-state index in [1.54, 1.807) is 6.07 Å². The Kier molecular flexibility index (Phi) is 3.78. The standard InChI is InChI=1S/C13H14N4O3S/c14-9-5-4-8(7-10(9)17(18)19)13-15-12(16-20-13)11-3-1-2-6-21-11/h4-5,7,11H,1-3,6,14H2. The number of nitrogens with two attached hydrogens (primary N) is 1. The average Bonchev–Trinajstić information content (AvgIpc) is 2.98. The molecule has 2 N–H and O–H groups in total. The Hall–Kier alpha value is -2.09. The van der Waals surface area contributed by atoms with E-state index in [1.165, 1.54) is 18.6 Å². The first-order chi connectivity index (χ1) is 10.1. The summed E-state index contributed by atoms with van der Waals surface area (Å²) in [6, 6.07) is 4.49. The second-order valence-corrected chi connectivity index (χ2v) is 6.15. The summed E-state index contributed by atoms with van der Waals surface area (Å²) in [5.41, 5.74) is 6.05. The van der Waals surface area contributed by atoms with Crippen molar-refractivity contribution in [3.8, 4) is 11.5 Å². The first kappa shape index (κ1) is 13.9. The van der Waals surface area contributed by atoms with Gasteiger partial charge in [-0.2, -0.15) is 16.7 Å². The van der Waals surface area contributed by atoms with Crippen LogP contribution in [0.25, 0.3) is 11.5 Å². The van der Waals surface area contributed by atoms with Crippen LogP contribution in [0.5, 0.6) is 0 Å². The van der Waals surface area contributed by atoms with Gasteiger partial charge >= 0.3 is 0 Å². The molecule has 110 valence electrons. The number of nitro groups is 1. The van der Waals surface area contributed by atoms with Crippen LogP contribution >= 0.6 is 11.8 Å². The van der Waals surface area contributed by atoms with E-state index >= 15 is 0 Å². The molecule has 7 nitrogen and oxygen atoms in total. The Morgan fingerprint density at radius 1 is 1.43 bits per heavy atom. The van der Waals surface area contributed by atoms with Crippen molar-refractivity contribution in [2.24, 2.45) is 0 Å². The van der Waals surface area contributed by atoms with Gasteiger partial charge in [-0.3, -0.25) is 10.1 Å². The summed E-state index contributed by atoms with van der Waals surface area (Å²) in [5, 5.41) is 15.2. The molecule has 1 atom stereocenters. The first-order valence-electron chi connectivity index (χ1n) is 6.64. The zero-order valence-electron chi connectivity index (χ0n) is 11.2. The predicted molar refractivity (Wildman–Crippen MR) is 79.9 cm³/mol. The van der Waals surface area contributed by atoms with E-state index in [0.29, 0.717) is 17.3 Å². The summed E-state index contributed by atoms with van der Waals surface area (Å²) < 4.78 is 5.24. The number of nitrogen functional groups attached to an aromatic ring is 1. The molecule has 0 bridgehead atoms. The minimum atomic E-state index is -0.521. The highest BCUT2D eigenvalue weighted by Gasteiger charge is 2.23. The van der Waals surface area contributed by atoms with Gasteiger partial charge in [-0.15, -0.1) is 0 Å². The Balaban J connectivity index is 1.89. The van der Waals surface area contributed by atoms with Crippen molar-refractivity contribution in [3.05, 3.63) is 34.1 Å². The van der Waals surface area contributed by atoms with Crippen molar-refractivity contribution >= 4 is 23.1 Å². The first-order valence-corrected chi connectivity index (χ1v) is 7.69. The molecule has 1 aliphatic rings. The topological polar surface area (TPSA) is 108 Å². The highest BCUT2D eigenvalue weighted by molar-refractivity contribution is 7.99. The van der Waals surface area contributed by atoms with E-state index in [1.807, 2.05) is 11.8 Å². The maximum atomic E-state index is 10.9. The third-order valence-corrected chi connectivity index (χ3v) is 4.76. The number of nitro benzene ring substituents is 1. The van der Waals surface area contributed by atoms with Gasteiger partial charge in [0.2, 0.25) is 0 Å². The SMILES string of the molecule is Nc1ccc(-c2nc(C3CCCCS3)no2)cc1[N+](=O)[O-]. The van der Waals surface area contributed by atoms with E-state index in [9.17, 15) is 10.1 Å². The van der Waals surface area contributed by atoms with Gasteiger partial charge in [0.15, 0.2) is 5.82 Å². The molecular weight excluding hydrogens is 292 g/mol. The minimum Gasteiger partial charge on any atom is -0.393 e. The van der Waals surface area contributed by atoms with Crippen molar-refractivity contribution in [3.63, 3.8) is 0 Å². The van der Waals surface area contributed by atoms with E-state index in [-0.39, 0.29) is 16.6 Å². The zero-order valence-corrected chi connectivity index (χ0v) is 12.0. The van der Waals surface area contributed by atoms with Gasteiger partial charge < -0.3 is 10.3 Å². The number of rotatable bonds is 3. The van der Waals surface area contributed by atoms with E-state index in [4.69, 9.17) is 10.3 Å². The average molecular weight is 306 g/mol. The summed E-state index contributed by atoms with van der Waals surface area (Å²) in [7, 11) is 0. The van der Waals surface area contributed by atoms with E-state index < -0.39 is 4.92 Å². The molecular formula is C13H14N4O3S. The lowest BCUT2D eigenvalue weighted by atomic mass is 10.1. The minimum absolute atomic E-state index is 0.117. The molecule has 2 heterocycles. The number of anilines is 1. The fourth-order valence-electron chi connectivity index (χ4n) is 2.26. The Morgan fingerprint density at radius 3 is 3.00 bits per heavy atom. The van der Waals surface area contributed by atoms with Gasteiger partial charge in [0.05, 0.1) is 10.2 Å². The molecule has 1 unspecified atom stereocenters. The number of nitrogens with zero attached hydrogens (tertiary/aromatic N) is 3. The number of thioether (sulfide) groups is 1. The Bertz CT molecular complexity index is 667. The van der Waals surface area contributed by atoms with Gasteiger partial charge in [-0.1, -0.05) is 11.6 Å². The molecule has 8 heteroatoms. The fourth-order valence-corrected chi connectivity index (χ4v) is 3.50. The lowest BCUT2D eigenvalue weighted by Gasteiger charge is -2.17. The number of hydrogen-bond acceptors (Lipinski definition) is 7. The van der Waals surface area contributed by atoms with Crippen molar-refractivity contribution in [1.82, 2.24) is 10.1 Å². The van der Waals surface area contributed by atoms with E-state index in [2.05, 4.69) is 10.1 Å². The lowest BCUT2D eigenvalue weighted by Crippen LogP contribution is -2.03. The monoisotopic (exact) mass is 306 g/mol. The molecule has 0 amide bonds. The number of hydrogen-bond donors (Lipinski definition) is 1. The predicted octanol–water partition coefficient (Wildman–Crippen LogP) is 3.19. The largest absolute Gasteiger partial charge is 0.393 e. The van der Waals surface area contributed by atoms with Crippen LogP contribution in [0.15, 0.2) is 22.7 Å². The van der Waals surface area contributed by atoms with Gasteiger partial charge in [-0.05, 0) is 30.7 Å². The van der Waals surface area contributed by atoms with Crippen LogP contribution in [0.1, 0.15) is 30.3 Å². The van der Waals surface area contributed by atoms with E-state index in [0.717, 1.165) is 18.6 Å². The smallest absolute Gasteiger partial charge is 0.292 e. The molecule has 1 aromatic heterocycles. The second kappa shape index (κ2) is 5.72.